The van der Waals surface area contributed by atoms with Crippen molar-refractivity contribution in [2.45, 2.75) is 20.5 Å². The summed E-state index contributed by atoms with van der Waals surface area (Å²) in [6.45, 7) is 4.36. The lowest BCUT2D eigenvalue weighted by molar-refractivity contribution is -0.138. The van der Waals surface area contributed by atoms with Gasteiger partial charge in [-0.2, -0.15) is 0 Å². The van der Waals surface area contributed by atoms with Crippen molar-refractivity contribution in [3.8, 4) is 0 Å². The zero-order valence-corrected chi connectivity index (χ0v) is 11.8. The van der Waals surface area contributed by atoms with Crippen LogP contribution in [0.2, 0.25) is 0 Å². The summed E-state index contributed by atoms with van der Waals surface area (Å²) in [4.78, 5) is 11.6. The first-order valence-electron chi connectivity index (χ1n) is 6.60. The second kappa shape index (κ2) is 6.71. The Morgan fingerprint density at radius 2 is 1.50 bits per heavy atom. The topological polar surface area (TPSA) is 26.3 Å². The number of rotatable bonds is 4. The first kappa shape index (κ1) is 14.1. The lowest BCUT2D eigenvalue weighted by atomic mass is 10.1. The van der Waals surface area contributed by atoms with Crippen LogP contribution in [0, 0.1) is 13.8 Å². The Morgan fingerprint density at radius 3 is 2.10 bits per heavy atom. The van der Waals surface area contributed by atoms with E-state index in [2.05, 4.69) is 0 Å². The summed E-state index contributed by atoms with van der Waals surface area (Å²) in [6.07, 6.45) is 3.22. The van der Waals surface area contributed by atoms with Crippen LogP contribution in [0.5, 0.6) is 0 Å². The fourth-order valence-corrected chi connectivity index (χ4v) is 1.73. The second-order valence-electron chi connectivity index (χ2n) is 4.84. The first-order valence-corrected chi connectivity index (χ1v) is 6.60. The molecule has 0 aliphatic carbocycles. The maximum Gasteiger partial charge on any atom is 0.331 e. The molecular formula is C18H18O2. The fraction of sp³-hybridized carbons (Fsp3) is 0.167. The third kappa shape index (κ3) is 4.39. The van der Waals surface area contributed by atoms with Gasteiger partial charge in [-0.3, -0.25) is 0 Å². The third-order valence-electron chi connectivity index (χ3n) is 2.99. The molecule has 0 spiro atoms. The summed E-state index contributed by atoms with van der Waals surface area (Å²) >= 11 is 0. The largest absolute Gasteiger partial charge is 0.458 e. The second-order valence-corrected chi connectivity index (χ2v) is 4.84. The van der Waals surface area contributed by atoms with E-state index in [4.69, 9.17) is 4.74 Å². The molecule has 0 heterocycles. The van der Waals surface area contributed by atoms with Crippen LogP contribution in [-0.4, -0.2) is 5.97 Å². The molecular weight excluding hydrogens is 248 g/mol. The average molecular weight is 266 g/mol. The molecule has 0 saturated carbocycles. The number of carbonyl (C=O) groups excluding carboxylic acids is 1. The molecule has 0 N–H and O–H groups in total. The highest BCUT2D eigenvalue weighted by Gasteiger charge is 1.98. The Balaban J connectivity index is 1.86. The molecule has 2 nitrogen and oxygen atoms in total. The lowest BCUT2D eigenvalue weighted by Crippen LogP contribution is -2.00. The van der Waals surface area contributed by atoms with Gasteiger partial charge in [0.05, 0.1) is 0 Å². The summed E-state index contributed by atoms with van der Waals surface area (Å²) in [7, 11) is 0. The Kier molecular flexibility index (Phi) is 4.72. The summed E-state index contributed by atoms with van der Waals surface area (Å²) in [5.74, 6) is -0.328. The van der Waals surface area contributed by atoms with Gasteiger partial charge in [0.15, 0.2) is 0 Å². The van der Waals surface area contributed by atoms with Gasteiger partial charge in [0, 0.05) is 6.08 Å². The van der Waals surface area contributed by atoms with E-state index < -0.39 is 0 Å². The van der Waals surface area contributed by atoms with Crippen LogP contribution in [0.1, 0.15) is 22.3 Å². The summed E-state index contributed by atoms with van der Waals surface area (Å²) in [5, 5.41) is 0. The molecule has 2 aromatic rings. The van der Waals surface area contributed by atoms with Gasteiger partial charge in [0.25, 0.3) is 0 Å². The van der Waals surface area contributed by atoms with Crippen molar-refractivity contribution in [3.63, 3.8) is 0 Å². The molecule has 0 aliphatic rings. The van der Waals surface area contributed by atoms with E-state index in [0.717, 1.165) is 11.1 Å². The molecule has 2 heteroatoms. The van der Waals surface area contributed by atoms with Gasteiger partial charge < -0.3 is 4.74 Å². The molecule has 2 rings (SSSR count). The number of esters is 1. The van der Waals surface area contributed by atoms with Crippen LogP contribution in [0.15, 0.2) is 54.6 Å². The van der Waals surface area contributed by atoms with Crippen LogP contribution in [0.3, 0.4) is 0 Å². The number of carbonyl (C=O) groups is 1. The Morgan fingerprint density at radius 1 is 0.950 bits per heavy atom. The third-order valence-corrected chi connectivity index (χ3v) is 2.99. The van der Waals surface area contributed by atoms with Crippen molar-refractivity contribution in [1.29, 1.82) is 0 Å². The van der Waals surface area contributed by atoms with Gasteiger partial charge >= 0.3 is 5.97 Å². The molecule has 0 aromatic heterocycles. The Hall–Kier alpha value is -2.35. The van der Waals surface area contributed by atoms with E-state index in [-0.39, 0.29) is 5.97 Å². The fourth-order valence-electron chi connectivity index (χ4n) is 1.73. The van der Waals surface area contributed by atoms with E-state index >= 15 is 0 Å². The van der Waals surface area contributed by atoms with Gasteiger partial charge in [-0.25, -0.2) is 4.79 Å². The van der Waals surface area contributed by atoms with E-state index in [1.165, 1.54) is 17.2 Å². The molecule has 0 saturated heterocycles. The Labute approximate surface area is 119 Å². The summed E-state index contributed by atoms with van der Waals surface area (Å²) in [6, 6.07) is 15.9. The van der Waals surface area contributed by atoms with E-state index in [1.54, 1.807) is 6.08 Å². The predicted molar refractivity (Wildman–Crippen MR) is 81.2 cm³/mol. The van der Waals surface area contributed by atoms with Gasteiger partial charge in [-0.05, 0) is 31.1 Å². The lowest BCUT2D eigenvalue weighted by Gasteiger charge is -2.02. The van der Waals surface area contributed by atoms with Crippen molar-refractivity contribution in [2.24, 2.45) is 0 Å². The predicted octanol–water partition coefficient (Wildman–Crippen LogP) is 4.06. The molecule has 0 bridgehead atoms. The van der Waals surface area contributed by atoms with Crippen LogP contribution in [0.25, 0.3) is 6.08 Å². The standard InChI is InChI=1S/C18H18O2/c1-14-3-7-16(8-4-14)11-12-18(19)20-13-17-9-5-15(2)6-10-17/h3-12H,13H2,1-2H3/b12-11+. The quantitative estimate of drug-likeness (QED) is 0.616. The smallest absolute Gasteiger partial charge is 0.331 e. The monoisotopic (exact) mass is 266 g/mol. The van der Waals surface area contributed by atoms with E-state index in [9.17, 15) is 4.79 Å². The molecule has 0 atom stereocenters. The maximum absolute atomic E-state index is 11.6. The normalized spacial score (nSPS) is 10.7. The van der Waals surface area contributed by atoms with E-state index in [0.29, 0.717) is 6.61 Å². The number of aryl methyl sites for hydroxylation is 2. The van der Waals surface area contributed by atoms with Crippen molar-refractivity contribution < 1.29 is 9.53 Å². The molecule has 2 aromatic carbocycles. The first-order chi connectivity index (χ1) is 9.63. The average Bonchev–Trinajstić information content (AvgIpc) is 2.46. The van der Waals surface area contributed by atoms with Crippen LogP contribution in [0.4, 0.5) is 0 Å². The SMILES string of the molecule is Cc1ccc(/C=C/C(=O)OCc2ccc(C)cc2)cc1. The minimum Gasteiger partial charge on any atom is -0.458 e. The van der Waals surface area contributed by atoms with Gasteiger partial charge in [0.1, 0.15) is 6.61 Å². The molecule has 0 radical (unpaired) electrons. The highest BCUT2D eigenvalue weighted by Crippen LogP contribution is 2.07. The molecule has 102 valence electrons. The molecule has 20 heavy (non-hydrogen) atoms. The maximum atomic E-state index is 11.6. The number of hydrogen-bond donors (Lipinski definition) is 0. The molecule has 0 unspecified atom stereocenters. The van der Waals surface area contributed by atoms with Crippen molar-refractivity contribution in [1.82, 2.24) is 0 Å². The van der Waals surface area contributed by atoms with Gasteiger partial charge in [-0.1, -0.05) is 59.7 Å². The minimum atomic E-state index is -0.328. The van der Waals surface area contributed by atoms with Gasteiger partial charge in [0.2, 0.25) is 0 Å². The molecule has 0 aliphatic heterocycles. The highest BCUT2D eigenvalue weighted by atomic mass is 16.5. The highest BCUT2D eigenvalue weighted by molar-refractivity contribution is 5.87. The molecule has 0 amide bonds. The number of benzene rings is 2. The summed E-state index contributed by atoms with van der Waals surface area (Å²) in [5.41, 5.74) is 4.37. The number of hydrogen-bond acceptors (Lipinski definition) is 2. The number of ether oxygens (including phenoxy) is 1. The van der Waals surface area contributed by atoms with Crippen molar-refractivity contribution in [2.75, 3.05) is 0 Å². The zero-order valence-electron chi connectivity index (χ0n) is 11.8. The van der Waals surface area contributed by atoms with Crippen LogP contribution in [-0.2, 0) is 16.1 Å². The minimum absolute atomic E-state index is 0.303. The summed E-state index contributed by atoms with van der Waals surface area (Å²) < 4.78 is 5.19. The zero-order chi connectivity index (χ0) is 14.4. The van der Waals surface area contributed by atoms with Crippen molar-refractivity contribution >= 4 is 12.0 Å². The van der Waals surface area contributed by atoms with Crippen molar-refractivity contribution in [3.05, 3.63) is 76.9 Å². The molecule has 0 fully saturated rings. The van der Waals surface area contributed by atoms with E-state index in [1.807, 2.05) is 62.4 Å². The Bertz CT molecular complexity index is 592. The van der Waals surface area contributed by atoms with Crippen LogP contribution < -0.4 is 0 Å². The van der Waals surface area contributed by atoms with Gasteiger partial charge in [-0.15, -0.1) is 0 Å². The van der Waals surface area contributed by atoms with Crippen LogP contribution >= 0.6 is 0 Å².